The Balaban J connectivity index is 1.72. The molecule has 4 rings (SSSR count). The monoisotopic (exact) mass is 518 g/mol. The highest BCUT2D eigenvalue weighted by molar-refractivity contribution is 14.1. The molecule has 30 heavy (non-hydrogen) atoms. The molecule has 0 aliphatic heterocycles. The van der Waals surface area contributed by atoms with E-state index in [0.29, 0.717) is 29.6 Å². The number of nitrogens with zero attached hydrogens (tertiary/aromatic N) is 2. The summed E-state index contributed by atoms with van der Waals surface area (Å²) in [6.07, 6.45) is 5.59. The fourth-order valence-corrected chi connectivity index (χ4v) is 3.33. The highest BCUT2D eigenvalue weighted by atomic mass is 127. The third-order valence-corrected chi connectivity index (χ3v) is 5.46. The number of nitro groups is 1. The zero-order chi connectivity index (χ0) is 21.1. The van der Waals surface area contributed by atoms with Gasteiger partial charge < -0.3 is 9.88 Å². The summed E-state index contributed by atoms with van der Waals surface area (Å²) in [5.74, 6) is 0.0222. The number of rotatable bonds is 8. The summed E-state index contributed by atoms with van der Waals surface area (Å²) in [6, 6.07) is 13.9. The lowest BCUT2D eigenvalue weighted by Gasteiger charge is -2.15. The molecular weight excluding hydrogens is 499 g/mol. The minimum absolute atomic E-state index is 0.116. The van der Waals surface area contributed by atoms with Crippen LogP contribution in [0.25, 0.3) is 5.69 Å². The predicted molar refractivity (Wildman–Crippen MR) is 121 cm³/mol. The van der Waals surface area contributed by atoms with E-state index in [0.717, 1.165) is 16.4 Å². The number of nitrogens with one attached hydrogen (secondary N) is 2. The summed E-state index contributed by atoms with van der Waals surface area (Å²) < 4.78 is 2.66. The van der Waals surface area contributed by atoms with Gasteiger partial charge in [-0.3, -0.25) is 19.7 Å². The van der Waals surface area contributed by atoms with Gasteiger partial charge in [0, 0.05) is 27.7 Å². The van der Waals surface area contributed by atoms with Crippen molar-refractivity contribution in [1.82, 2.24) is 10.0 Å². The molecule has 1 aliphatic carbocycles. The Kier molecular flexibility index (Phi) is 6.00. The number of halogens is 1. The number of anilines is 2. The van der Waals surface area contributed by atoms with E-state index in [1.54, 1.807) is 29.1 Å². The number of benzene rings is 2. The van der Waals surface area contributed by atoms with Crippen molar-refractivity contribution in [2.24, 2.45) is 5.92 Å². The minimum atomic E-state index is -0.466. The Morgan fingerprint density at radius 2 is 1.90 bits per heavy atom. The smallest absolute Gasteiger partial charge is 0.295 e. The van der Waals surface area contributed by atoms with E-state index in [1.807, 2.05) is 24.3 Å². The van der Waals surface area contributed by atoms with E-state index in [-0.39, 0.29) is 11.3 Å². The molecule has 0 saturated heterocycles. The first-order valence-corrected chi connectivity index (χ1v) is 10.5. The van der Waals surface area contributed by atoms with Crippen molar-refractivity contribution < 1.29 is 14.6 Å². The molecule has 1 amide bonds. The van der Waals surface area contributed by atoms with Crippen molar-refractivity contribution in [3.63, 3.8) is 0 Å². The van der Waals surface area contributed by atoms with Gasteiger partial charge >= 0.3 is 0 Å². The van der Waals surface area contributed by atoms with Gasteiger partial charge in [-0.15, -0.1) is 0 Å². The van der Waals surface area contributed by atoms with Crippen molar-refractivity contribution >= 4 is 45.6 Å². The zero-order valence-electron chi connectivity index (χ0n) is 15.9. The highest BCUT2D eigenvalue weighted by Gasteiger charge is 2.25. The van der Waals surface area contributed by atoms with Gasteiger partial charge in [0.1, 0.15) is 5.69 Å². The predicted octanol–water partition coefficient (Wildman–Crippen LogP) is 4.81. The first-order chi connectivity index (χ1) is 14.5. The van der Waals surface area contributed by atoms with Crippen molar-refractivity contribution in [1.29, 1.82) is 0 Å². The van der Waals surface area contributed by atoms with Gasteiger partial charge in [0.2, 0.25) is 0 Å². The summed E-state index contributed by atoms with van der Waals surface area (Å²) in [5, 5.41) is 14.9. The Labute approximate surface area is 186 Å². The molecule has 9 heteroatoms. The van der Waals surface area contributed by atoms with E-state index >= 15 is 0 Å². The standard InChI is InChI=1S/C21H19IN4O4/c22-15-5-7-16(8-6-15)23-18-12-20(26(28)29)19(25-9-1-2-10-25)11-17(18)21(27)24-30-13-14-3-4-14/h1-2,5-12,14,23H,3-4,13H2,(H,24,27). The Morgan fingerprint density at radius 3 is 2.53 bits per heavy atom. The number of carbonyl (C=O) groups excluding carboxylic acids is 1. The summed E-state index contributed by atoms with van der Waals surface area (Å²) in [7, 11) is 0. The summed E-state index contributed by atoms with van der Waals surface area (Å²) in [5.41, 5.74) is 3.94. The van der Waals surface area contributed by atoms with Crippen LogP contribution in [-0.4, -0.2) is 22.0 Å². The summed E-state index contributed by atoms with van der Waals surface area (Å²) in [4.78, 5) is 29.5. The lowest BCUT2D eigenvalue weighted by Crippen LogP contribution is -2.25. The normalized spacial score (nSPS) is 13.1. The quantitative estimate of drug-likeness (QED) is 0.254. The molecule has 1 saturated carbocycles. The largest absolute Gasteiger partial charge is 0.355 e. The molecule has 0 atom stereocenters. The number of hydroxylamine groups is 1. The first kappa shape index (κ1) is 20.4. The number of amides is 1. The Morgan fingerprint density at radius 1 is 1.20 bits per heavy atom. The topological polar surface area (TPSA) is 98.4 Å². The summed E-state index contributed by atoms with van der Waals surface area (Å²) in [6.45, 7) is 0.461. The minimum Gasteiger partial charge on any atom is -0.355 e. The van der Waals surface area contributed by atoms with E-state index in [1.165, 1.54) is 12.1 Å². The number of hydrogen-bond acceptors (Lipinski definition) is 5. The second-order valence-electron chi connectivity index (χ2n) is 7.05. The van der Waals surface area contributed by atoms with Crippen LogP contribution < -0.4 is 10.8 Å². The van der Waals surface area contributed by atoms with Gasteiger partial charge in [-0.05, 0) is 83.8 Å². The lowest BCUT2D eigenvalue weighted by molar-refractivity contribution is -0.384. The molecule has 0 unspecified atom stereocenters. The van der Waals surface area contributed by atoms with Crippen LogP contribution in [0.1, 0.15) is 23.2 Å². The molecule has 0 spiro atoms. The highest BCUT2D eigenvalue weighted by Crippen LogP contribution is 2.33. The van der Waals surface area contributed by atoms with E-state index in [9.17, 15) is 14.9 Å². The van der Waals surface area contributed by atoms with Gasteiger partial charge in [0.15, 0.2) is 0 Å². The average molecular weight is 518 g/mol. The second kappa shape index (κ2) is 8.84. The fraction of sp³-hybridized carbons (Fsp3) is 0.190. The van der Waals surface area contributed by atoms with Crippen LogP contribution in [0.5, 0.6) is 0 Å². The Bertz CT molecular complexity index is 1060. The molecule has 8 nitrogen and oxygen atoms in total. The maximum absolute atomic E-state index is 12.9. The van der Waals surface area contributed by atoms with E-state index in [4.69, 9.17) is 4.84 Å². The average Bonchev–Trinajstić information content (AvgIpc) is 3.39. The van der Waals surface area contributed by atoms with E-state index < -0.39 is 10.8 Å². The first-order valence-electron chi connectivity index (χ1n) is 9.42. The number of hydrogen-bond donors (Lipinski definition) is 2. The maximum atomic E-state index is 12.9. The van der Waals surface area contributed by atoms with Crippen LogP contribution in [0.4, 0.5) is 17.1 Å². The molecule has 1 aliphatic rings. The molecule has 0 radical (unpaired) electrons. The Hall–Kier alpha value is -2.92. The van der Waals surface area contributed by atoms with Gasteiger partial charge in [0.05, 0.1) is 22.8 Å². The third kappa shape index (κ3) is 4.79. The van der Waals surface area contributed by atoms with Crippen molar-refractivity contribution in [3.05, 3.63) is 80.2 Å². The molecule has 1 fully saturated rings. The molecule has 2 N–H and O–H groups in total. The van der Waals surface area contributed by atoms with Crippen LogP contribution in [0.2, 0.25) is 0 Å². The lowest BCUT2D eigenvalue weighted by atomic mass is 10.1. The van der Waals surface area contributed by atoms with Crippen LogP contribution in [-0.2, 0) is 4.84 Å². The van der Waals surface area contributed by atoms with Crippen LogP contribution >= 0.6 is 22.6 Å². The van der Waals surface area contributed by atoms with Crippen molar-refractivity contribution in [3.8, 4) is 5.69 Å². The molecule has 3 aromatic rings. The van der Waals surface area contributed by atoms with E-state index in [2.05, 4.69) is 33.4 Å². The van der Waals surface area contributed by atoms with Crippen LogP contribution in [0.15, 0.2) is 60.9 Å². The third-order valence-electron chi connectivity index (χ3n) is 4.74. The van der Waals surface area contributed by atoms with Crippen LogP contribution in [0.3, 0.4) is 0 Å². The molecule has 0 bridgehead atoms. The molecule has 1 aromatic heterocycles. The second-order valence-corrected chi connectivity index (χ2v) is 8.30. The number of carbonyl (C=O) groups is 1. The number of nitro benzene ring substituents is 1. The summed E-state index contributed by atoms with van der Waals surface area (Å²) >= 11 is 2.19. The molecule has 154 valence electrons. The number of aromatic nitrogens is 1. The van der Waals surface area contributed by atoms with Gasteiger partial charge in [0.25, 0.3) is 11.6 Å². The molecule has 2 aromatic carbocycles. The molecule has 1 heterocycles. The van der Waals surface area contributed by atoms with Gasteiger partial charge in [-0.2, -0.15) is 0 Å². The van der Waals surface area contributed by atoms with Gasteiger partial charge in [-0.1, -0.05) is 0 Å². The van der Waals surface area contributed by atoms with Crippen LogP contribution in [0, 0.1) is 19.6 Å². The van der Waals surface area contributed by atoms with Gasteiger partial charge in [-0.25, -0.2) is 5.48 Å². The zero-order valence-corrected chi connectivity index (χ0v) is 18.0. The molecular formula is C21H19IN4O4. The van der Waals surface area contributed by atoms with Crippen molar-refractivity contribution in [2.75, 3.05) is 11.9 Å². The fourth-order valence-electron chi connectivity index (χ4n) is 2.97. The van der Waals surface area contributed by atoms with Crippen molar-refractivity contribution in [2.45, 2.75) is 12.8 Å². The maximum Gasteiger partial charge on any atom is 0.295 e. The SMILES string of the molecule is O=C(NOCC1CC1)c1cc(-n2cccc2)c([N+](=O)[O-])cc1Nc1ccc(I)cc1.